The Kier molecular flexibility index (Phi) is 7.60. The van der Waals surface area contributed by atoms with Gasteiger partial charge < -0.3 is 10.1 Å². The molecule has 29 heavy (non-hydrogen) atoms. The molecule has 0 spiro atoms. The van der Waals surface area contributed by atoms with Crippen molar-refractivity contribution in [1.29, 1.82) is 0 Å². The lowest BCUT2D eigenvalue weighted by atomic mass is 10.0. The van der Waals surface area contributed by atoms with Crippen molar-refractivity contribution in [2.24, 2.45) is 0 Å². The molecule has 0 saturated heterocycles. The van der Waals surface area contributed by atoms with Gasteiger partial charge in [0.15, 0.2) is 5.78 Å². The maximum Gasteiger partial charge on any atom is 0.179 e. The second kappa shape index (κ2) is 10.6. The van der Waals surface area contributed by atoms with Crippen LogP contribution in [-0.2, 0) is 13.0 Å². The SMILES string of the molecule is C[C@H](CCc1ccccc1)N[C@H](C)C(=O)c1ccc(OCc2ccccc2)cc1. The van der Waals surface area contributed by atoms with E-state index in [1.54, 1.807) is 0 Å². The first-order chi connectivity index (χ1) is 14.1. The van der Waals surface area contributed by atoms with Crippen molar-refractivity contribution in [3.05, 3.63) is 102 Å². The molecule has 0 saturated carbocycles. The van der Waals surface area contributed by atoms with Crippen LogP contribution in [0.4, 0.5) is 0 Å². The van der Waals surface area contributed by atoms with E-state index in [0.717, 1.165) is 24.2 Å². The number of benzene rings is 3. The van der Waals surface area contributed by atoms with Crippen molar-refractivity contribution < 1.29 is 9.53 Å². The Labute approximate surface area is 173 Å². The van der Waals surface area contributed by atoms with E-state index in [4.69, 9.17) is 4.74 Å². The van der Waals surface area contributed by atoms with E-state index < -0.39 is 0 Å². The number of hydrogen-bond donors (Lipinski definition) is 1. The number of ketones is 1. The van der Waals surface area contributed by atoms with Crippen molar-refractivity contribution in [1.82, 2.24) is 5.32 Å². The van der Waals surface area contributed by atoms with E-state index in [9.17, 15) is 4.79 Å². The first-order valence-corrected chi connectivity index (χ1v) is 10.2. The zero-order valence-electron chi connectivity index (χ0n) is 17.2. The molecule has 3 aromatic carbocycles. The molecule has 3 rings (SSSR count). The number of rotatable bonds is 10. The topological polar surface area (TPSA) is 38.3 Å². The summed E-state index contributed by atoms with van der Waals surface area (Å²) >= 11 is 0. The normalized spacial score (nSPS) is 12.9. The zero-order chi connectivity index (χ0) is 20.5. The van der Waals surface area contributed by atoms with Crippen LogP contribution < -0.4 is 10.1 Å². The summed E-state index contributed by atoms with van der Waals surface area (Å²) in [4.78, 5) is 12.7. The molecular formula is C26H29NO2. The van der Waals surface area contributed by atoms with Crippen molar-refractivity contribution in [2.75, 3.05) is 0 Å². The molecule has 0 radical (unpaired) electrons. The van der Waals surface area contributed by atoms with E-state index in [2.05, 4.69) is 36.5 Å². The Morgan fingerprint density at radius 1 is 0.828 bits per heavy atom. The Bertz CT molecular complexity index is 876. The van der Waals surface area contributed by atoms with Crippen LogP contribution in [0.25, 0.3) is 0 Å². The molecule has 150 valence electrons. The third-order valence-corrected chi connectivity index (χ3v) is 5.02. The number of ether oxygens (including phenoxy) is 1. The fourth-order valence-electron chi connectivity index (χ4n) is 3.32. The highest BCUT2D eigenvalue weighted by atomic mass is 16.5. The molecule has 0 aromatic heterocycles. The lowest BCUT2D eigenvalue weighted by Gasteiger charge is -2.19. The van der Waals surface area contributed by atoms with Crippen LogP contribution in [0.1, 0.15) is 41.8 Å². The van der Waals surface area contributed by atoms with Crippen LogP contribution >= 0.6 is 0 Å². The predicted octanol–water partition coefficient (Wildman–Crippen LogP) is 5.45. The molecule has 0 aliphatic carbocycles. The standard InChI is InChI=1S/C26H29NO2/c1-20(13-14-22-9-5-3-6-10-22)27-21(2)26(28)24-15-17-25(18-16-24)29-19-23-11-7-4-8-12-23/h3-12,15-18,20-21,27H,13-14,19H2,1-2H3/t20-,21-/m1/s1. The Hall–Kier alpha value is -2.91. The molecule has 3 aromatic rings. The maximum absolute atomic E-state index is 12.7. The van der Waals surface area contributed by atoms with E-state index >= 15 is 0 Å². The van der Waals surface area contributed by atoms with Gasteiger partial charge in [0.05, 0.1) is 6.04 Å². The highest BCUT2D eigenvalue weighted by molar-refractivity contribution is 5.99. The number of nitrogens with one attached hydrogen (secondary N) is 1. The third kappa shape index (κ3) is 6.58. The smallest absolute Gasteiger partial charge is 0.179 e. The third-order valence-electron chi connectivity index (χ3n) is 5.02. The minimum Gasteiger partial charge on any atom is -0.489 e. The van der Waals surface area contributed by atoms with Gasteiger partial charge in [0.1, 0.15) is 12.4 Å². The van der Waals surface area contributed by atoms with Crippen LogP contribution in [0.5, 0.6) is 5.75 Å². The van der Waals surface area contributed by atoms with Gasteiger partial charge in [-0.1, -0.05) is 60.7 Å². The molecule has 0 unspecified atom stereocenters. The summed E-state index contributed by atoms with van der Waals surface area (Å²) in [5, 5.41) is 3.43. The zero-order valence-corrected chi connectivity index (χ0v) is 17.2. The van der Waals surface area contributed by atoms with Crippen LogP contribution in [0.2, 0.25) is 0 Å². The summed E-state index contributed by atoms with van der Waals surface area (Å²) < 4.78 is 5.80. The van der Waals surface area contributed by atoms with E-state index in [-0.39, 0.29) is 17.9 Å². The second-order valence-corrected chi connectivity index (χ2v) is 7.48. The van der Waals surface area contributed by atoms with E-state index in [0.29, 0.717) is 12.2 Å². The van der Waals surface area contributed by atoms with E-state index in [1.165, 1.54) is 5.56 Å². The number of hydrogen-bond acceptors (Lipinski definition) is 3. The van der Waals surface area contributed by atoms with Crippen molar-refractivity contribution >= 4 is 5.78 Å². The first-order valence-electron chi connectivity index (χ1n) is 10.2. The lowest BCUT2D eigenvalue weighted by Crippen LogP contribution is -2.40. The molecule has 2 atom stereocenters. The molecule has 1 N–H and O–H groups in total. The van der Waals surface area contributed by atoms with Gasteiger partial charge in [0.2, 0.25) is 0 Å². The van der Waals surface area contributed by atoms with E-state index in [1.807, 2.05) is 67.6 Å². The van der Waals surface area contributed by atoms with Gasteiger partial charge in [0, 0.05) is 11.6 Å². The summed E-state index contributed by atoms with van der Waals surface area (Å²) in [5.74, 6) is 0.869. The molecule has 0 bridgehead atoms. The minimum atomic E-state index is -0.225. The van der Waals surface area contributed by atoms with Gasteiger partial charge in [-0.15, -0.1) is 0 Å². The molecule has 0 fully saturated rings. The van der Waals surface area contributed by atoms with Gasteiger partial charge in [0.25, 0.3) is 0 Å². The van der Waals surface area contributed by atoms with Gasteiger partial charge in [-0.2, -0.15) is 0 Å². The summed E-state index contributed by atoms with van der Waals surface area (Å²) in [7, 11) is 0. The summed E-state index contributed by atoms with van der Waals surface area (Å²) in [6.07, 6.45) is 2.00. The highest BCUT2D eigenvalue weighted by Gasteiger charge is 2.17. The molecule has 0 aliphatic heterocycles. The largest absolute Gasteiger partial charge is 0.489 e. The quantitative estimate of drug-likeness (QED) is 0.470. The molecular weight excluding hydrogens is 358 g/mol. The molecule has 3 heteroatoms. The molecule has 0 heterocycles. The summed E-state index contributed by atoms with van der Waals surface area (Å²) in [6, 6.07) is 27.9. The van der Waals surface area contributed by atoms with Crippen LogP contribution in [0, 0.1) is 0 Å². The minimum absolute atomic E-state index is 0.103. The van der Waals surface area contributed by atoms with Crippen LogP contribution in [0.3, 0.4) is 0 Å². The summed E-state index contributed by atoms with van der Waals surface area (Å²) in [6.45, 7) is 4.58. The average Bonchev–Trinajstić information content (AvgIpc) is 2.77. The van der Waals surface area contributed by atoms with Crippen LogP contribution in [-0.4, -0.2) is 17.9 Å². The van der Waals surface area contributed by atoms with Crippen LogP contribution in [0.15, 0.2) is 84.9 Å². The fourth-order valence-corrected chi connectivity index (χ4v) is 3.32. The number of Topliss-reactive ketones (excluding diaryl/α,β-unsaturated/α-hetero) is 1. The second-order valence-electron chi connectivity index (χ2n) is 7.48. The van der Waals surface area contributed by atoms with Gasteiger partial charge in [-0.05, 0) is 62.1 Å². The number of carbonyl (C=O) groups excluding carboxylic acids is 1. The van der Waals surface area contributed by atoms with Crippen molar-refractivity contribution in [3.63, 3.8) is 0 Å². The van der Waals surface area contributed by atoms with Gasteiger partial charge >= 0.3 is 0 Å². The van der Waals surface area contributed by atoms with Crippen molar-refractivity contribution in [2.45, 2.75) is 45.4 Å². The number of aryl methyl sites for hydroxylation is 1. The molecule has 0 aliphatic rings. The Balaban J connectivity index is 1.47. The lowest BCUT2D eigenvalue weighted by molar-refractivity contribution is 0.0944. The average molecular weight is 388 g/mol. The monoisotopic (exact) mass is 387 g/mol. The molecule has 0 amide bonds. The highest BCUT2D eigenvalue weighted by Crippen LogP contribution is 2.16. The maximum atomic E-state index is 12.7. The van der Waals surface area contributed by atoms with Gasteiger partial charge in [-0.3, -0.25) is 4.79 Å². The predicted molar refractivity (Wildman–Crippen MR) is 118 cm³/mol. The number of carbonyl (C=O) groups is 1. The van der Waals surface area contributed by atoms with Gasteiger partial charge in [-0.25, -0.2) is 0 Å². The molecule has 3 nitrogen and oxygen atoms in total. The Morgan fingerprint density at radius 3 is 2.03 bits per heavy atom. The summed E-state index contributed by atoms with van der Waals surface area (Å²) in [5.41, 5.74) is 3.15. The van der Waals surface area contributed by atoms with Crippen molar-refractivity contribution in [3.8, 4) is 5.75 Å². The fraction of sp³-hybridized carbons (Fsp3) is 0.269. The first kappa shape index (κ1) is 20.8. The Morgan fingerprint density at radius 2 is 1.41 bits per heavy atom.